The highest BCUT2D eigenvalue weighted by Crippen LogP contribution is 2.36. The standard InChI is InChI=1S/C17H18F2N4O3/c18-9-5-12(19)11-7-10-8-22(3-4-23(10)14(11)6-9)15(24)2-1-13-16(25)21-17(26)20-13/h5-6,10,13H,1-4,7-8H2,(H2,20,21,25,26). The van der Waals surface area contributed by atoms with Crippen molar-refractivity contribution in [2.75, 3.05) is 24.5 Å². The van der Waals surface area contributed by atoms with E-state index in [2.05, 4.69) is 10.6 Å². The molecule has 0 spiro atoms. The molecular formula is C17H18F2N4O3. The van der Waals surface area contributed by atoms with Gasteiger partial charge in [-0.3, -0.25) is 14.9 Å². The zero-order chi connectivity index (χ0) is 18.4. The van der Waals surface area contributed by atoms with Gasteiger partial charge in [0, 0.05) is 43.4 Å². The van der Waals surface area contributed by atoms with E-state index >= 15 is 0 Å². The largest absolute Gasteiger partial charge is 0.364 e. The fourth-order valence-corrected chi connectivity index (χ4v) is 3.95. The van der Waals surface area contributed by atoms with Crippen molar-refractivity contribution in [3.8, 4) is 0 Å². The quantitative estimate of drug-likeness (QED) is 0.767. The van der Waals surface area contributed by atoms with Crippen molar-refractivity contribution in [3.05, 3.63) is 29.3 Å². The number of benzene rings is 1. The molecular weight excluding hydrogens is 346 g/mol. The summed E-state index contributed by atoms with van der Waals surface area (Å²) in [5, 5.41) is 4.60. The van der Waals surface area contributed by atoms with Gasteiger partial charge < -0.3 is 15.1 Å². The highest BCUT2D eigenvalue weighted by Gasteiger charge is 2.38. The molecule has 2 saturated heterocycles. The predicted octanol–water partition coefficient (Wildman–Crippen LogP) is 0.526. The summed E-state index contributed by atoms with van der Waals surface area (Å²) >= 11 is 0. The van der Waals surface area contributed by atoms with Crippen LogP contribution in [0.3, 0.4) is 0 Å². The van der Waals surface area contributed by atoms with E-state index in [1.807, 2.05) is 4.90 Å². The monoisotopic (exact) mass is 364 g/mol. The molecule has 3 aliphatic heterocycles. The number of hydrogen-bond donors (Lipinski definition) is 2. The van der Waals surface area contributed by atoms with E-state index in [0.717, 1.165) is 6.07 Å². The normalized spacial score (nSPS) is 24.2. The van der Waals surface area contributed by atoms with Gasteiger partial charge in [0.15, 0.2) is 0 Å². The number of hydrogen-bond acceptors (Lipinski definition) is 4. The molecule has 26 heavy (non-hydrogen) atoms. The molecule has 2 N–H and O–H groups in total. The van der Waals surface area contributed by atoms with Crippen LogP contribution in [0.2, 0.25) is 0 Å². The minimum Gasteiger partial charge on any atom is -0.364 e. The van der Waals surface area contributed by atoms with Gasteiger partial charge in [0.2, 0.25) is 5.91 Å². The number of piperazine rings is 1. The maximum absolute atomic E-state index is 14.0. The van der Waals surface area contributed by atoms with E-state index in [4.69, 9.17) is 0 Å². The summed E-state index contributed by atoms with van der Waals surface area (Å²) in [6.45, 7) is 1.39. The van der Waals surface area contributed by atoms with Crippen LogP contribution in [-0.4, -0.2) is 54.5 Å². The second-order valence-electron chi connectivity index (χ2n) is 6.83. The summed E-state index contributed by atoms with van der Waals surface area (Å²) in [5.41, 5.74) is 1.07. The highest BCUT2D eigenvalue weighted by atomic mass is 19.1. The van der Waals surface area contributed by atoms with Gasteiger partial charge in [-0.2, -0.15) is 0 Å². The molecule has 3 heterocycles. The van der Waals surface area contributed by atoms with Gasteiger partial charge in [0.05, 0.1) is 6.04 Å². The number of nitrogens with zero attached hydrogens (tertiary/aromatic N) is 2. The fraction of sp³-hybridized carbons (Fsp3) is 0.471. The molecule has 2 fully saturated rings. The first kappa shape index (κ1) is 16.7. The van der Waals surface area contributed by atoms with Gasteiger partial charge >= 0.3 is 6.03 Å². The van der Waals surface area contributed by atoms with E-state index in [9.17, 15) is 23.2 Å². The van der Waals surface area contributed by atoms with Crippen LogP contribution in [0.25, 0.3) is 0 Å². The van der Waals surface area contributed by atoms with Crippen LogP contribution in [0.15, 0.2) is 12.1 Å². The van der Waals surface area contributed by atoms with Crippen LogP contribution in [-0.2, 0) is 16.0 Å². The average molecular weight is 364 g/mol. The molecule has 1 aromatic rings. The van der Waals surface area contributed by atoms with E-state index in [0.29, 0.717) is 37.3 Å². The van der Waals surface area contributed by atoms with Gasteiger partial charge in [-0.05, 0) is 18.9 Å². The van der Waals surface area contributed by atoms with Crippen LogP contribution in [0.4, 0.5) is 19.3 Å². The van der Waals surface area contributed by atoms with Crippen molar-refractivity contribution in [2.45, 2.75) is 31.3 Å². The molecule has 0 saturated carbocycles. The summed E-state index contributed by atoms with van der Waals surface area (Å²) in [4.78, 5) is 38.7. The van der Waals surface area contributed by atoms with Crippen molar-refractivity contribution in [1.82, 2.24) is 15.5 Å². The number of carbonyl (C=O) groups is 3. The summed E-state index contributed by atoms with van der Waals surface area (Å²) in [7, 11) is 0. The first-order valence-corrected chi connectivity index (χ1v) is 8.56. The SMILES string of the molecule is O=C1NC(=O)C(CCC(=O)N2CCN3c4cc(F)cc(F)c4CC3C2)N1. The fourth-order valence-electron chi connectivity index (χ4n) is 3.95. The number of rotatable bonds is 3. The third-order valence-electron chi connectivity index (χ3n) is 5.23. The molecule has 1 aromatic carbocycles. The smallest absolute Gasteiger partial charge is 0.322 e. The van der Waals surface area contributed by atoms with E-state index in [-0.39, 0.29) is 24.8 Å². The minimum atomic E-state index is -0.680. The molecule has 9 heteroatoms. The molecule has 4 rings (SSSR count). The topological polar surface area (TPSA) is 81.8 Å². The Bertz CT molecular complexity index is 800. The van der Waals surface area contributed by atoms with Gasteiger partial charge in [-0.1, -0.05) is 0 Å². The number of amides is 4. The van der Waals surface area contributed by atoms with Crippen LogP contribution < -0.4 is 15.5 Å². The first-order valence-electron chi connectivity index (χ1n) is 8.56. The second kappa shape index (κ2) is 6.22. The number of nitrogens with one attached hydrogen (secondary N) is 2. The lowest BCUT2D eigenvalue weighted by molar-refractivity contribution is -0.132. The third kappa shape index (κ3) is 2.87. The molecule has 7 nitrogen and oxygen atoms in total. The van der Waals surface area contributed by atoms with Gasteiger partial charge in [-0.25, -0.2) is 13.6 Å². The van der Waals surface area contributed by atoms with Gasteiger partial charge in [0.25, 0.3) is 5.91 Å². The highest BCUT2D eigenvalue weighted by molar-refractivity contribution is 6.04. The van der Waals surface area contributed by atoms with Crippen molar-refractivity contribution < 1.29 is 23.2 Å². The van der Waals surface area contributed by atoms with Crippen LogP contribution in [0.5, 0.6) is 0 Å². The Morgan fingerprint density at radius 2 is 2.04 bits per heavy atom. The molecule has 3 aliphatic rings. The van der Waals surface area contributed by atoms with Gasteiger partial charge in [-0.15, -0.1) is 0 Å². The van der Waals surface area contributed by atoms with E-state index in [1.165, 1.54) is 6.07 Å². The van der Waals surface area contributed by atoms with E-state index in [1.54, 1.807) is 4.90 Å². The van der Waals surface area contributed by atoms with Gasteiger partial charge in [0.1, 0.15) is 17.7 Å². The summed E-state index contributed by atoms with van der Waals surface area (Å²) < 4.78 is 27.5. The zero-order valence-corrected chi connectivity index (χ0v) is 13.9. The molecule has 0 bridgehead atoms. The summed E-state index contributed by atoms with van der Waals surface area (Å²) in [5.74, 6) is -1.68. The first-order chi connectivity index (χ1) is 12.4. The predicted molar refractivity (Wildman–Crippen MR) is 87.5 cm³/mol. The number of carbonyl (C=O) groups excluding carboxylic acids is 3. The number of imide groups is 1. The maximum atomic E-state index is 14.0. The Morgan fingerprint density at radius 1 is 1.23 bits per heavy atom. The molecule has 0 aliphatic carbocycles. The average Bonchev–Trinajstić information content (AvgIpc) is 3.11. The second-order valence-corrected chi connectivity index (χ2v) is 6.83. The summed E-state index contributed by atoms with van der Waals surface area (Å²) in [6, 6.07) is 0.936. The Morgan fingerprint density at radius 3 is 2.77 bits per heavy atom. The zero-order valence-electron chi connectivity index (χ0n) is 13.9. The Labute approximate surface area is 148 Å². The summed E-state index contributed by atoms with van der Waals surface area (Å²) in [6.07, 6.45) is 0.814. The molecule has 138 valence electrons. The third-order valence-corrected chi connectivity index (χ3v) is 5.23. The lowest BCUT2D eigenvalue weighted by atomic mass is 10.1. The maximum Gasteiger partial charge on any atom is 0.322 e. The molecule has 0 aromatic heterocycles. The molecule has 2 unspecified atom stereocenters. The molecule has 0 radical (unpaired) electrons. The minimum absolute atomic E-state index is 0.0755. The van der Waals surface area contributed by atoms with Crippen molar-refractivity contribution in [1.29, 1.82) is 0 Å². The van der Waals surface area contributed by atoms with Crippen LogP contribution in [0.1, 0.15) is 18.4 Å². The lowest BCUT2D eigenvalue weighted by Gasteiger charge is -2.39. The van der Waals surface area contributed by atoms with Crippen molar-refractivity contribution in [2.24, 2.45) is 0 Å². The Kier molecular flexibility index (Phi) is 4.01. The van der Waals surface area contributed by atoms with Crippen LogP contribution in [0, 0.1) is 11.6 Å². The number of fused-ring (bicyclic) bond motifs is 3. The number of anilines is 1. The Balaban J connectivity index is 1.37. The van der Waals surface area contributed by atoms with Crippen molar-refractivity contribution >= 4 is 23.5 Å². The molecule has 2 atom stereocenters. The van der Waals surface area contributed by atoms with E-state index < -0.39 is 29.6 Å². The molecule has 4 amide bonds. The van der Waals surface area contributed by atoms with Crippen LogP contribution >= 0.6 is 0 Å². The Hall–Kier alpha value is -2.71. The number of halogens is 2. The lowest BCUT2D eigenvalue weighted by Crippen LogP contribution is -2.53. The van der Waals surface area contributed by atoms with Crippen molar-refractivity contribution in [3.63, 3.8) is 0 Å². The number of urea groups is 1.